The number of hydrogen-bond acceptors (Lipinski definition) is 1. The largest absolute Gasteiger partial charge is 0.316 e. The zero-order chi connectivity index (χ0) is 13.5. The molecule has 0 unspecified atom stereocenters. The van der Waals surface area contributed by atoms with Crippen LogP contribution in [0, 0.1) is 5.92 Å². The summed E-state index contributed by atoms with van der Waals surface area (Å²) >= 11 is 0. The Balaban J connectivity index is 1.77. The van der Waals surface area contributed by atoms with E-state index in [1.165, 1.54) is 37.7 Å². The maximum Gasteiger partial charge on any atom is -0.000824 e. The molecule has 0 bridgehead atoms. The van der Waals surface area contributed by atoms with Crippen LogP contribution in [0.4, 0.5) is 0 Å². The Hall–Kier alpha value is -0.820. The zero-order valence-corrected chi connectivity index (χ0v) is 12.6. The van der Waals surface area contributed by atoms with Crippen LogP contribution in [-0.2, 0) is 6.42 Å². The van der Waals surface area contributed by atoms with Gasteiger partial charge < -0.3 is 5.32 Å². The highest BCUT2D eigenvalue weighted by Crippen LogP contribution is 2.32. The third-order valence-corrected chi connectivity index (χ3v) is 4.20. The highest BCUT2D eigenvalue weighted by molar-refractivity contribution is 5.25. The zero-order valence-electron chi connectivity index (χ0n) is 12.6. The van der Waals surface area contributed by atoms with Crippen LogP contribution in [0.5, 0.6) is 0 Å². The summed E-state index contributed by atoms with van der Waals surface area (Å²) in [6.07, 6.45) is 8.23. The van der Waals surface area contributed by atoms with Gasteiger partial charge in [-0.2, -0.15) is 0 Å². The monoisotopic (exact) mass is 259 g/mol. The first-order valence-electron chi connectivity index (χ1n) is 8.05. The summed E-state index contributed by atoms with van der Waals surface area (Å²) in [4.78, 5) is 0. The smallest absolute Gasteiger partial charge is 0.000824 e. The van der Waals surface area contributed by atoms with Gasteiger partial charge in [0.05, 0.1) is 0 Å². The lowest BCUT2D eigenvalue weighted by atomic mass is 9.84. The summed E-state index contributed by atoms with van der Waals surface area (Å²) < 4.78 is 0. The number of hydrogen-bond donors (Lipinski definition) is 1. The predicted octanol–water partition coefficient (Wildman–Crippen LogP) is 4.52. The first kappa shape index (κ1) is 14.6. The van der Waals surface area contributed by atoms with Crippen molar-refractivity contribution < 1.29 is 0 Å². The van der Waals surface area contributed by atoms with E-state index in [4.69, 9.17) is 0 Å². The summed E-state index contributed by atoms with van der Waals surface area (Å²) in [6.45, 7) is 6.74. The van der Waals surface area contributed by atoms with Crippen molar-refractivity contribution in [3.8, 4) is 0 Å². The molecule has 0 radical (unpaired) electrons. The van der Waals surface area contributed by atoms with Crippen molar-refractivity contribution in [3.63, 3.8) is 0 Å². The Labute approximate surface area is 118 Å². The average molecular weight is 259 g/mol. The van der Waals surface area contributed by atoms with E-state index in [1.807, 2.05) is 0 Å². The van der Waals surface area contributed by atoms with Gasteiger partial charge in [0.2, 0.25) is 0 Å². The quantitative estimate of drug-likeness (QED) is 0.741. The predicted molar refractivity (Wildman–Crippen MR) is 83.7 cm³/mol. The molecule has 0 aliphatic heterocycles. The lowest BCUT2D eigenvalue weighted by Gasteiger charge is -2.22. The van der Waals surface area contributed by atoms with E-state index < -0.39 is 0 Å². The Morgan fingerprint density at radius 1 is 1.05 bits per heavy atom. The third kappa shape index (κ3) is 4.99. The van der Waals surface area contributed by atoms with Gasteiger partial charge >= 0.3 is 0 Å². The molecule has 0 amide bonds. The fraction of sp³-hybridized carbons (Fsp3) is 0.667. The molecule has 1 aromatic carbocycles. The molecule has 1 heteroatoms. The molecule has 106 valence electrons. The third-order valence-electron chi connectivity index (χ3n) is 4.20. The second-order valence-electron chi connectivity index (χ2n) is 6.42. The van der Waals surface area contributed by atoms with Gasteiger partial charge in [0.25, 0.3) is 0 Å². The Morgan fingerprint density at radius 2 is 1.74 bits per heavy atom. The molecule has 0 spiro atoms. The molecule has 1 aliphatic rings. The van der Waals surface area contributed by atoms with Crippen molar-refractivity contribution in [3.05, 3.63) is 35.4 Å². The fourth-order valence-electron chi connectivity index (χ4n) is 3.02. The van der Waals surface area contributed by atoms with E-state index in [1.54, 1.807) is 5.56 Å². The maximum absolute atomic E-state index is 3.51. The van der Waals surface area contributed by atoms with Crippen LogP contribution in [0.1, 0.15) is 63.0 Å². The fourth-order valence-corrected chi connectivity index (χ4v) is 3.02. The number of benzene rings is 1. The first-order valence-corrected chi connectivity index (χ1v) is 8.05. The maximum atomic E-state index is 3.51. The van der Waals surface area contributed by atoms with Crippen molar-refractivity contribution in [2.45, 2.75) is 58.3 Å². The second-order valence-corrected chi connectivity index (χ2v) is 6.42. The van der Waals surface area contributed by atoms with Crippen LogP contribution in [0.25, 0.3) is 0 Å². The molecule has 1 N–H and O–H groups in total. The van der Waals surface area contributed by atoms with Gasteiger partial charge in [-0.15, -0.1) is 0 Å². The van der Waals surface area contributed by atoms with E-state index in [9.17, 15) is 0 Å². The highest BCUT2D eigenvalue weighted by Gasteiger charge is 2.14. The minimum Gasteiger partial charge on any atom is -0.316 e. The molecule has 2 rings (SSSR count). The molecular weight excluding hydrogens is 230 g/mol. The molecule has 0 aromatic heterocycles. The molecular formula is C18H29N. The Morgan fingerprint density at radius 3 is 2.37 bits per heavy atom. The molecule has 19 heavy (non-hydrogen) atoms. The van der Waals surface area contributed by atoms with Crippen molar-refractivity contribution in [2.24, 2.45) is 5.92 Å². The van der Waals surface area contributed by atoms with Gasteiger partial charge in [-0.3, -0.25) is 0 Å². The first-order chi connectivity index (χ1) is 9.25. The molecule has 0 heterocycles. The lowest BCUT2D eigenvalue weighted by Crippen LogP contribution is -2.22. The van der Waals surface area contributed by atoms with Crippen LogP contribution in [-0.4, -0.2) is 13.1 Å². The highest BCUT2D eigenvalue weighted by atomic mass is 14.8. The molecule has 1 aliphatic carbocycles. The van der Waals surface area contributed by atoms with Gasteiger partial charge in [-0.05, 0) is 55.3 Å². The standard InChI is InChI=1S/C18H29N/c1-15(2)14-19-13-12-16-8-10-18(11-9-16)17-6-4-3-5-7-17/h8-11,15,17,19H,3-7,12-14H2,1-2H3. The van der Waals surface area contributed by atoms with Crippen LogP contribution in [0.3, 0.4) is 0 Å². The lowest BCUT2D eigenvalue weighted by molar-refractivity contribution is 0.443. The number of rotatable bonds is 6. The van der Waals surface area contributed by atoms with Gasteiger partial charge in [0, 0.05) is 0 Å². The SMILES string of the molecule is CC(C)CNCCc1ccc(C2CCCCC2)cc1. The van der Waals surface area contributed by atoms with Crippen LogP contribution in [0.15, 0.2) is 24.3 Å². The topological polar surface area (TPSA) is 12.0 Å². The minimum atomic E-state index is 0.744. The molecule has 1 nitrogen and oxygen atoms in total. The summed E-state index contributed by atoms with van der Waals surface area (Å²) in [5, 5.41) is 3.51. The van der Waals surface area contributed by atoms with Crippen molar-refractivity contribution >= 4 is 0 Å². The van der Waals surface area contributed by atoms with E-state index in [0.717, 1.165) is 31.3 Å². The summed E-state index contributed by atoms with van der Waals surface area (Å²) in [5.74, 6) is 1.58. The second kappa shape index (κ2) is 7.69. The molecule has 1 aromatic rings. The van der Waals surface area contributed by atoms with E-state index in [2.05, 4.69) is 43.4 Å². The average Bonchev–Trinajstić information content (AvgIpc) is 2.45. The van der Waals surface area contributed by atoms with Gasteiger partial charge in [-0.1, -0.05) is 57.4 Å². The normalized spacial score (nSPS) is 17.0. The van der Waals surface area contributed by atoms with Crippen LogP contribution < -0.4 is 5.32 Å². The summed E-state index contributed by atoms with van der Waals surface area (Å²) in [6, 6.07) is 9.41. The Kier molecular flexibility index (Phi) is 5.91. The van der Waals surface area contributed by atoms with Crippen molar-refractivity contribution in [1.82, 2.24) is 5.32 Å². The molecule has 0 atom stereocenters. The van der Waals surface area contributed by atoms with E-state index in [0.29, 0.717) is 0 Å². The van der Waals surface area contributed by atoms with E-state index in [-0.39, 0.29) is 0 Å². The van der Waals surface area contributed by atoms with Crippen molar-refractivity contribution in [2.75, 3.05) is 13.1 Å². The minimum absolute atomic E-state index is 0.744. The molecule has 1 fully saturated rings. The number of nitrogens with one attached hydrogen (secondary N) is 1. The molecule has 0 saturated heterocycles. The van der Waals surface area contributed by atoms with Gasteiger partial charge in [0.15, 0.2) is 0 Å². The van der Waals surface area contributed by atoms with Crippen molar-refractivity contribution in [1.29, 1.82) is 0 Å². The van der Waals surface area contributed by atoms with Gasteiger partial charge in [0.1, 0.15) is 0 Å². The van der Waals surface area contributed by atoms with Gasteiger partial charge in [-0.25, -0.2) is 0 Å². The summed E-state index contributed by atoms with van der Waals surface area (Å²) in [7, 11) is 0. The Bertz CT molecular complexity index is 346. The van der Waals surface area contributed by atoms with Crippen LogP contribution >= 0.6 is 0 Å². The summed E-state index contributed by atoms with van der Waals surface area (Å²) in [5.41, 5.74) is 3.04. The van der Waals surface area contributed by atoms with Crippen LogP contribution in [0.2, 0.25) is 0 Å². The molecule has 1 saturated carbocycles. The van der Waals surface area contributed by atoms with E-state index >= 15 is 0 Å².